The van der Waals surface area contributed by atoms with Gasteiger partial charge in [-0.1, -0.05) is 29.8 Å². The van der Waals surface area contributed by atoms with Gasteiger partial charge < -0.3 is 10.1 Å². The molecule has 0 aromatic heterocycles. The Kier molecular flexibility index (Phi) is 8.51. The van der Waals surface area contributed by atoms with E-state index in [2.05, 4.69) is 5.32 Å². The molecule has 194 valence electrons. The summed E-state index contributed by atoms with van der Waals surface area (Å²) in [5.74, 6) is -1.85. The minimum atomic E-state index is -4.05. The molecular formula is C25H24ClN3O7S. The molecule has 37 heavy (non-hydrogen) atoms. The number of sulfonamides is 1. The van der Waals surface area contributed by atoms with Crippen LogP contribution in [0.25, 0.3) is 0 Å². The number of esters is 1. The van der Waals surface area contributed by atoms with Crippen molar-refractivity contribution < 1.29 is 27.7 Å². The number of nitrogens with one attached hydrogen (secondary N) is 1. The van der Waals surface area contributed by atoms with E-state index in [1.807, 2.05) is 0 Å². The fourth-order valence-corrected chi connectivity index (χ4v) is 5.18. The first-order chi connectivity index (χ1) is 17.4. The Morgan fingerprint density at radius 1 is 1.05 bits per heavy atom. The third kappa shape index (κ3) is 6.25. The van der Waals surface area contributed by atoms with Crippen molar-refractivity contribution in [1.29, 1.82) is 0 Å². The highest BCUT2D eigenvalue weighted by molar-refractivity contribution is 7.92. The van der Waals surface area contributed by atoms with Gasteiger partial charge in [-0.15, -0.1) is 0 Å². The second-order valence-corrected chi connectivity index (χ2v) is 10.3. The molecule has 0 atom stereocenters. The normalized spacial score (nSPS) is 11.0. The topological polar surface area (TPSA) is 136 Å². The Morgan fingerprint density at radius 3 is 2.32 bits per heavy atom. The summed E-state index contributed by atoms with van der Waals surface area (Å²) in [4.78, 5) is 35.6. The molecular weight excluding hydrogens is 522 g/mol. The highest BCUT2D eigenvalue weighted by Crippen LogP contribution is 2.29. The number of aryl methyl sites for hydroxylation is 2. The number of ether oxygens (including phenoxy) is 1. The Bertz CT molecular complexity index is 1460. The zero-order chi connectivity index (χ0) is 27.3. The molecule has 0 radical (unpaired) electrons. The maximum atomic E-state index is 13.3. The Labute approximate surface area is 219 Å². The fourth-order valence-electron chi connectivity index (χ4n) is 3.48. The molecule has 0 fully saturated rings. The molecule has 0 bridgehead atoms. The Hall–Kier alpha value is -3.96. The molecule has 3 aromatic carbocycles. The van der Waals surface area contributed by atoms with Gasteiger partial charge in [0, 0.05) is 12.6 Å². The zero-order valence-electron chi connectivity index (χ0n) is 20.2. The highest BCUT2D eigenvalue weighted by atomic mass is 35.5. The average Bonchev–Trinajstić information content (AvgIpc) is 2.85. The summed E-state index contributed by atoms with van der Waals surface area (Å²) in [6, 6.07) is 14.8. The van der Waals surface area contributed by atoms with Crippen molar-refractivity contribution in [2.24, 2.45) is 0 Å². The highest BCUT2D eigenvalue weighted by Gasteiger charge is 2.26. The lowest BCUT2D eigenvalue weighted by Gasteiger charge is -2.23. The summed E-state index contributed by atoms with van der Waals surface area (Å²) < 4.78 is 32.7. The molecule has 0 saturated heterocycles. The number of amides is 1. The SMILES string of the molecule is CCN(c1ccccc1)S(=O)(=O)c1ccc(Cl)c(C(=O)OCC(=O)Nc2cc(C)c(C)cc2[N+](=O)[O-])c1. The summed E-state index contributed by atoms with van der Waals surface area (Å²) in [6.07, 6.45) is 0. The lowest BCUT2D eigenvalue weighted by molar-refractivity contribution is -0.384. The van der Waals surface area contributed by atoms with Gasteiger partial charge >= 0.3 is 5.97 Å². The number of hydrogen-bond acceptors (Lipinski definition) is 7. The lowest BCUT2D eigenvalue weighted by Crippen LogP contribution is -2.31. The number of carbonyl (C=O) groups is 2. The Balaban J connectivity index is 1.78. The third-order valence-corrected chi connectivity index (χ3v) is 7.72. The van der Waals surface area contributed by atoms with Crippen LogP contribution in [0.3, 0.4) is 0 Å². The number of anilines is 2. The lowest BCUT2D eigenvalue weighted by atomic mass is 10.1. The van der Waals surface area contributed by atoms with E-state index in [1.165, 1.54) is 28.6 Å². The number of rotatable bonds is 9. The van der Waals surface area contributed by atoms with Gasteiger partial charge in [0.1, 0.15) is 5.69 Å². The average molecular weight is 546 g/mol. The van der Waals surface area contributed by atoms with Crippen LogP contribution in [-0.2, 0) is 19.6 Å². The summed E-state index contributed by atoms with van der Waals surface area (Å²) in [5.41, 5.74) is 1.25. The van der Waals surface area contributed by atoms with Crippen LogP contribution in [0.4, 0.5) is 17.1 Å². The van der Waals surface area contributed by atoms with Crippen LogP contribution in [0.1, 0.15) is 28.4 Å². The first kappa shape index (κ1) is 27.6. The summed E-state index contributed by atoms with van der Waals surface area (Å²) in [7, 11) is -4.05. The molecule has 0 unspecified atom stereocenters. The van der Waals surface area contributed by atoms with Crippen molar-refractivity contribution in [2.45, 2.75) is 25.7 Å². The van der Waals surface area contributed by atoms with E-state index < -0.39 is 33.4 Å². The van der Waals surface area contributed by atoms with Crippen LogP contribution in [-0.4, -0.2) is 38.4 Å². The molecule has 0 aliphatic heterocycles. The molecule has 1 amide bonds. The van der Waals surface area contributed by atoms with Crippen molar-refractivity contribution in [3.8, 4) is 0 Å². The van der Waals surface area contributed by atoms with Gasteiger partial charge in [-0.25, -0.2) is 13.2 Å². The van der Waals surface area contributed by atoms with Gasteiger partial charge in [0.05, 0.1) is 26.1 Å². The minimum Gasteiger partial charge on any atom is -0.452 e. The second kappa shape index (κ2) is 11.4. The number of benzene rings is 3. The number of halogens is 1. The first-order valence-electron chi connectivity index (χ1n) is 11.1. The van der Waals surface area contributed by atoms with Crippen molar-refractivity contribution in [1.82, 2.24) is 0 Å². The van der Waals surface area contributed by atoms with E-state index in [1.54, 1.807) is 51.1 Å². The molecule has 0 saturated carbocycles. The maximum Gasteiger partial charge on any atom is 0.340 e. The van der Waals surface area contributed by atoms with Gasteiger partial charge in [-0.2, -0.15) is 0 Å². The number of para-hydroxylation sites is 1. The van der Waals surface area contributed by atoms with E-state index in [4.69, 9.17) is 16.3 Å². The van der Waals surface area contributed by atoms with Crippen molar-refractivity contribution in [3.63, 3.8) is 0 Å². The van der Waals surface area contributed by atoms with Gasteiger partial charge in [0.25, 0.3) is 21.6 Å². The third-order valence-electron chi connectivity index (χ3n) is 5.49. The van der Waals surface area contributed by atoms with Gasteiger partial charge in [-0.3, -0.25) is 19.2 Å². The van der Waals surface area contributed by atoms with Gasteiger partial charge in [-0.05, 0) is 68.3 Å². The number of nitro groups is 1. The van der Waals surface area contributed by atoms with Crippen LogP contribution in [0.2, 0.25) is 5.02 Å². The summed E-state index contributed by atoms with van der Waals surface area (Å²) in [6.45, 7) is 4.47. The van der Waals surface area contributed by atoms with E-state index in [0.717, 1.165) is 11.6 Å². The number of nitrogens with zero attached hydrogens (tertiary/aromatic N) is 2. The molecule has 3 rings (SSSR count). The molecule has 3 aromatic rings. The second-order valence-electron chi connectivity index (χ2n) is 7.98. The number of carbonyl (C=O) groups excluding carboxylic acids is 2. The molecule has 10 nitrogen and oxygen atoms in total. The van der Waals surface area contributed by atoms with Crippen molar-refractivity contribution >= 4 is 50.6 Å². The zero-order valence-corrected chi connectivity index (χ0v) is 21.8. The predicted octanol–water partition coefficient (Wildman–Crippen LogP) is 4.88. The van der Waals surface area contributed by atoms with E-state index >= 15 is 0 Å². The largest absolute Gasteiger partial charge is 0.452 e. The maximum absolute atomic E-state index is 13.3. The van der Waals surface area contributed by atoms with Crippen LogP contribution < -0.4 is 9.62 Å². The summed E-state index contributed by atoms with van der Waals surface area (Å²) in [5, 5.41) is 13.6. The van der Waals surface area contributed by atoms with Crippen LogP contribution in [0.15, 0.2) is 65.6 Å². The standard InChI is InChI=1S/C25H24ClN3O7S/c1-4-28(18-8-6-5-7-9-18)37(34,35)19-10-11-21(26)20(14-19)25(31)36-15-24(30)27-22-12-16(2)17(3)13-23(22)29(32)33/h5-14H,4,15H2,1-3H3,(H,27,30). The Morgan fingerprint density at radius 2 is 1.70 bits per heavy atom. The molecule has 0 heterocycles. The number of nitro benzene ring substituents is 1. The smallest absolute Gasteiger partial charge is 0.340 e. The van der Waals surface area contributed by atoms with E-state index in [0.29, 0.717) is 11.3 Å². The van der Waals surface area contributed by atoms with Crippen molar-refractivity contribution in [3.05, 3.63) is 92.5 Å². The predicted molar refractivity (Wildman–Crippen MR) is 140 cm³/mol. The molecule has 0 spiro atoms. The van der Waals surface area contributed by atoms with Crippen molar-refractivity contribution in [2.75, 3.05) is 22.8 Å². The van der Waals surface area contributed by atoms with Gasteiger partial charge in [0.15, 0.2) is 6.61 Å². The monoisotopic (exact) mass is 545 g/mol. The van der Waals surface area contributed by atoms with Crippen LogP contribution in [0.5, 0.6) is 0 Å². The minimum absolute atomic E-state index is 0.0409. The molecule has 0 aliphatic carbocycles. The first-order valence-corrected chi connectivity index (χ1v) is 12.9. The summed E-state index contributed by atoms with van der Waals surface area (Å²) >= 11 is 6.12. The van der Waals surface area contributed by atoms with Gasteiger partial charge in [0.2, 0.25) is 0 Å². The van der Waals surface area contributed by atoms with E-state index in [-0.39, 0.29) is 33.4 Å². The molecule has 0 aliphatic rings. The number of hydrogen-bond donors (Lipinski definition) is 1. The fraction of sp³-hybridized carbons (Fsp3) is 0.200. The molecule has 1 N–H and O–H groups in total. The van der Waals surface area contributed by atoms with E-state index in [9.17, 15) is 28.1 Å². The van der Waals surface area contributed by atoms with Crippen LogP contribution in [0, 0.1) is 24.0 Å². The molecule has 12 heteroatoms. The quantitative estimate of drug-likeness (QED) is 0.230. The van der Waals surface area contributed by atoms with Crippen LogP contribution >= 0.6 is 11.6 Å².